The fourth-order valence-electron chi connectivity index (χ4n) is 1.02. The second kappa shape index (κ2) is 8.64. The van der Waals surface area contributed by atoms with Crippen molar-refractivity contribution in [2.45, 2.75) is 32.9 Å². The third-order valence-corrected chi connectivity index (χ3v) is 1.76. The van der Waals surface area contributed by atoms with Gasteiger partial charge in [0.15, 0.2) is 0 Å². The molecule has 0 saturated carbocycles. The summed E-state index contributed by atoms with van der Waals surface area (Å²) in [6.07, 6.45) is 0. The molecule has 5 nitrogen and oxygen atoms in total. The number of carbonyl (C=O) groups is 1. The summed E-state index contributed by atoms with van der Waals surface area (Å²) in [7, 11) is 0. The lowest BCUT2D eigenvalue weighted by molar-refractivity contribution is -0.123. The fraction of sp³-hybridized carbons (Fsp3) is 0.900. The SMILES string of the molecule is CC(C)NC(=O)C(C)NCCOCCO. The van der Waals surface area contributed by atoms with Gasteiger partial charge in [-0.3, -0.25) is 4.79 Å². The zero-order valence-corrected chi connectivity index (χ0v) is 9.75. The maximum atomic E-state index is 11.4. The number of amides is 1. The second-order valence-electron chi connectivity index (χ2n) is 3.68. The normalized spacial score (nSPS) is 12.9. The van der Waals surface area contributed by atoms with Gasteiger partial charge in [0.05, 0.1) is 25.9 Å². The molecule has 0 aromatic rings. The van der Waals surface area contributed by atoms with E-state index in [1.807, 2.05) is 20.8 Å². The highest BCUT2D eigenvalue weighted by molar-refractivity contribution is 5.81. The van der Waals surface area contributed by atoms with Crippen LogP contribution in [0.2, 0.25) is 0 Å². The summed E-state index contributed by atoms with van der Waals surface area (Å²) in [5.41, 5.74) is 0. The minimum absolute atomic E-state index is 0.00726. The molecular formula is C10H22N2O3. The Morgan fingerprint density at radius 1 is 1.33 bits per heavy atom. The van der Waals surface area contributed by atoms with Crippen molar-refractivity contribution >= 4 is 5.91 Å². The van der Waals surface area contributed by atoms with E-state index in [-0.39, 0.29) is 24.6 Å². The third kappa shape index (κ3) is 8.35. The van der Waals surface area contributed by atoms with E-state index in [0.717, 1.165) is 0 Å². The largest absolute Gasteiger partial charge is 0.394 e. The number of hydrogen-bond donors (Lipinski definition) is 3. The minimum Gasteiger partial charge on any atom is -0.394 e. The van der Waals surface area contributed by atoms with Crippen molar-refractivity contribution in [1.29, 1.82) is 0 Å². The van der Waals surface area contributed by atoms with Crippen molar-refractivity contribution in [1.82, 2.24) is 10.6 Å². The first-order chi connectivity index (χ1) is 7.07. The summed E-state index contributed by atoms with van der Waals surface area (Å²) in [4.78, 5) is 11.4. The average Bonchev–Trinajstić information content (AvgIpc) is 2.16. The molecule has 0 fully saturated rings. The molecule has 0 heterocycles. The second-order valence-corrected chi connectivity index (χ2v) is 3.68. The van der Waals surface area contributed by atoms with Crippen LogP contribution in [0.5, 0.6) is 0 Å². The van der Waals surface area contributed by atoms with Crippen LogP contribution in [0.4, 0.5) is 0 Å². The highest BCUT2D eigenvalue weighted by Crippen LogP contribution is 1.85. The number of carbonyl (C=O) groups excluding carboxylic acids is 1. The smallest absolute Gasteiger partial charge is 0.237 e. The van der Waals surface area contributed by atoms with Crippen LogP contribution >= 0.6 is 0 Å². The predicted molar refractivity (Wildman–Crippen MR) is 58.6 cm³/mol. The third-order valence-electron chi connectivity index (χ3n) is 1.76. The molecule has 0 radical (unpaired) electrons. The minimum atomic E-state index is -0.217. The van der Waals surface area contributed by atoms with E-state index in [2.05, 4.69) is 10.6 Å². The molecule has 0 aromatic heterocycles. The first-order valence-corrected chi connectivity index (χ1v) is 5.30. The number of nitrogens with one attached hydrogen (secondary N) is 2. The van der Waals surface area contributed by atoms with E-state index < -0.39 is 0 Å². The van der Waals surface area contributed by atoms with Gasteiger partial charge in [0.25, 0.3) is 0 Å². The Bertz CT molecular complexity index is 174. The van der Waals surface area contributed by atoms with Gasteiger partial charge in [-0.2, -0.15) is 0 Å². The molecule has 5 heteroatoms. The first-order valence-electron chi connectivity index (χ1n) is 5.30. The maximum Gasteiger partial charge on any atom is 0.237 e. The Kier molecular flexibility index (Phi) is 8.27. The molecule has 1 unspecified atom stereocenters. The monoisotopic (exact) mass is 218 g/mol. The van der Waals surface area contributed by atoms with Crippen molar-refractivity contribution in [2.75, 3.05) is 26.4 Å². The number of ether oxygens (including phenoxy) is 1. The zero-order valence-electron chi connectivity index (χ0n) is 9.75. The summed E-state index contributed by atoms with van der Waals surface area (Å²) in [5, 5.41) is 14.3. The quantitative estimate of drug-likeness (QED) is 0.480. The number of aliphatic hydroxyl groups is 1. The lowest BCUT2D eigenvalue weighted by Crippen LogP contribution is -2.45. The van der Waals surface area contributed by atoms with Crippen molar-refractivity contribution in [3.8, 4) is 0 Å². The summed E-state index contributed by atoms with van der Waals surface area (Å²) in [6, 6.07) is -0.0579. The van der Waals surface area contributed by atoms with E-state index in [0.29, 0.717) is 19.8 Å². The van der Waals surface area contributed by atoms with Crippen LogP contribution in [0.15, 0.2) is 0 Å². The van der Waals surface area contributed by atoms with Gasteiger partial charge in [-0.1, -0.05) is 0 Å². The van der Waals surface area contributed by atoms with E-state index >= 15 is 0 Å². The van der Waals surface area contributed by atoms with Crippen molar-refractivity contribution in [3.05, 3.63) is 0 Å². The van der Waals surface area contributed by atoms with Gasteiger partial charge in [0, 0.05) is 12.6 Å². The summed E-state index contributed by atoms with van der Waals surface area (Å²) in [6.45, 7) is 7.14. The topological polar surface area (TPSA) is 70.6 Å². The molecule has 0 saturated heterocycles. The fourth-order valence-corrected chi connectivity index (χ4v) is 1.02. The molecule has 1 atom stereocenters. The molecule has 1 amide bonds. The standard InChI is InChI=1S/C10H22N2O3/c1-8(2)12-10(14)9(3)11-4-6-15-7-5-13/h8-9,11,13H,4-7H2,1-3H3,(H,12,14). The number of aliphatic hydroxyl groups excluding tert-OH is 1. The molecule has 0 aliphatic rings. The highest BCUT2D eigenvalue weighted by atomic mass is 16.5. The van der Waals surface area contributed by atoms with Gasteiger partial charge >= 0.3 is 0 Å². The van der Waals surface area contributed by atoms with Crippen LogP contribution in [0.25, 0.3) is 0 Å². The Labute approximate surface area is 91.2 Å². The number of hydrogen-bond acceptors (Lipinski definition) is 4. The van der Waals surface area contributed by atoms with E-state index in [1.165, 1.54) is 0 Å². The van der Waals surface area contributed by atoms with Gasteiger partial charge in [0.1, 0.15) is 0 Å². The molecule has 0 spiro atoms. The van der Waals surface area contributed by atoms with Gasteiger partial charge in [-0.15, -0.1) is 0 Å². The van der Waals surface area contributed by atoms with Crippen LogP contribution in [-0.4, -0.2) is 49.5 Å². The Hall–Kier alpha value is -0.650. The van der Waals surface area contributed by atoms with Crippen LogP contribution in [-0.2, 0) is 9.53 Å². The Morgan fingerprint density at radius 3 is 2.53 bits per heavy atom. The molecule has 90 valence electrons. The molecule has 0 bridgehead atoms. The maximum absolute atomic E-state index is 11.4. The van der Waals surface area contributed by atoms with Crippen molar-refractivity contribution in [3.63, 3.8) is 0 Å². The van der Waals surface area contributed by atoms with E-state index in [4.69, 9.17) is 9.84 Å². The number of rotatable bonds is 8. The van der Waals surface area contributed by atoms with Gasteiger partial charge in [0.2, 0.25) is 5.91 Å². The molecule has 15 heavy (non-hydrogen) atoms. The first kappa shape index (κ1) is 14.3. The predicted octanol–water partition coefficient (Wildman–Crippen LogP) is -0.502. The molecular weight excluding hydrogens is 196 g/mol. The van der Waals surface area contributed by atoms with Crippen LogP contribution in [0.1, 0.15) is 20.8 Å². The molecule has 0 aromatic carbocycles. The summed E-state index contributed by atoms with van der Waals surface area (Å²) in [5.74, 6) is -0.00726. The summed E-state index contributed by atoms with van der Waals surface area (Å²) < 4.78 is 5.05. The molecule has 3 N–H and O–H groups in total. The summed E-state index contributed by atoms with van der Waals surface area (Å²) >= 11 is 0. The van der Waals surface area contributed by atoms with E-state index in [9.17, 15) is 4.79 Å². The molecule has 0 rings (SSSR count). The molecule has 0 aliphatic heterocycles. The Balaban J connectivity index is 3.47. The lowest BCUT2D eigenvalue weighted by atomic mass is 10.3. The lowest BCUT2D eigenvalue weighted by Gasteiger charge is -2.15. The van der Waals surface area contributed by atoms with Crippen LogP contribution < -0.4 is 10.6 Å². The van der Waals surface area contributed by atoms with Gasteiger partial charge in [-0.25, -0.2) is 0 Å². The van der Waals surface area contributed by atoms with Crippen molar-refractivity contribution in [2.24, 2.45) is 0 Å². The van der Waals surface area contributed by atoms with E-state index in [1.54, 1.807) is 0 Å². The average molecular weight is 218 g/mol. The van der Waals surface area contributed by atoms with Gasteiger partial charge in [-0.05, 0) is 20.8 Å². The van der Waals surface area contributed by atoms with Crippen LogP contribution in [0.3, 0.4) is 0 Å². The highest BCUT2D eigenvalue weighted by Gasteiger charge is 2.11. The molecule has 0 aliphatic carbocycles. The zero-order chi connectivity index (χ0) is 11.7. The van der Waals surface area contributed by atoms with Crippen LogP contribution in [0, 0.1) is 0 Å². The Morgan fingerprint density at radius 2 is 2.00 bits per heavy atom. The van der Waals surface area contributed by atoms with Gasteiger partial charge < -0.3 is 20.5 Å². The van der Waals surface area contributed by atoms with Crippen molar-refractivity contribution < 1.29 is 14.6 Å².